The molecule has 0 spiro atoms. The van der Waals surface area contributed by atoms with Gasteiger partial charge in [0.15, 0.2) is 0 Å². The minimum Gasteiger partial charge on any atom is -0.299 e. The Labute approximate surface area is 172 Å². The number of benzene rings is 2. The molecule has 2 fully saturated rings. The first-order valence-electron chi connectivity index (χ1n) is 10.8. The Kier molecular flexibility index (Phi) is 4.43. The van der Waals surface area contributed by atoms with Crippen molar-refractivity contribution in [2.24, 2.45) is 17.3 Å². The number of hydrogen-bond acceptors (Lipinski definition) is 2. The largest absolute Gasteiger partial charge is 0.299 e. The lowest BCUT2D eigenvalue weighted by molar-refractivity contribution is -0.129. The van der Waals surface area contributed by atoms with Gasteiger partial charge in [-0.25, -0.2) is 0 Å². The molecule has 146 valence electrons. The lowest BCUT2D eigenvalue weighted by atomic mass is 9.55. The zero-order valence-electron chi connectivity index (χ0n) is 16.9. The minimum absolute atomic E-state index is 0.0817. The van der Waals surface area contributed by atoms with Gasteiger partial charge in [-0.1, -0.05) is 43.2 Å². The molecule has 0 unspecified atom stereocenters. The van der Waals surface area contributed by atoms with Crippen molar-refractivity contribution in [2.45, 2.75) is 51.4 Å². The van der Waals surface area contributed by atoms with E-state index >= 15 is 0 Å². The summed E-state index contributed by atoms with van der Waals surface area (Å²) in [6, 6.07) is 15.8. The highest BCUT2D eigenvalue weighted by atomic mass is 16.1. The molecule has 2 saturated carbocycles. The highest BCUT2D eigenvalue weighted by molar-refractivity contribution is 6.09. The Morgan fingerprint density at radius 1 is 1.03 bits per heavy atom. The molecule has 0 heterocycles. The highest BCUT2D eigenvalue weighted by Gasteiger charge is 2.54. The quantitative estimate of drug-likeness (QED) is 0.492. The maximum atomic E-state index is 12.6. The molecule has 0 N–H and O–H groups in total. The van der Waals surface area contributed by atoms with E-state index in [2.05, 4.69) is 30.9 Å². The molecule has 0 aliphatic heterocycles. The van der Waals surface area contributed by atoms with Crippen LogP contribution < -0.4 is 0 Å². The second kappa shape index (κ2) is 6.99. The fraction of sp³-hybridized carbons (Fsp3) is 0.407. The van der Waals surface area contributed by atoms with Gasteiger partial charge < -0.3 is 0 Å². The van der Waals surface area contributed by atoms with Crippen LogP contribution >= 0.6 is 0 Å². The van der Waals surface area contributed by atoms with Crippen molar-refractivity contribution < 1.29 is 9.59 Å². The summed E-state index contributed by atoms with van der Waals surface area (Å²) in [5.74, 6) is 7.84. The fourth-order valence-corrected chi connectivity index (χ4v) is 6.22. The van der Waals surface area contributed by atoms with Crippen LogP contribution in [0.25, 0.3) is 0 Å². The Balaban J connectivity index is 1.39. The average Bonchev–Trinajstić information content (AvgIpc) is 3.06. The van der Waals surface area contributed by atoms with E-state index in [9.17, 15) is 9.59 Å². The Hall–Kier alpha value is -2.66. The zero-order chi connectivity index (χ0) is 20.0. The summed E-state index contributed by atoms with van der Waals surface area (Å²) < 4.78 is 0. The summed E-state index contributed by atoms with van der Waals surface area (Å²) >= 11 is 0. The molecule has 0 aromatic heterocycles. The third-order valence-corrected chi connectivity index (χ3v) is 7.79. The van der Waals surface area contributed by atoms with E-state index in [4.69, 9.17) is 0 Å². The van der Waals surface area contributed by atoms with E-state index in [0.29, 0.717) is 29.1 Å². The Morgan fingerprint density at radius 2 is 1.86 bits per heavy atom. The predicted molar refractivity (Wildman–Crippen MR) is 114 cm³/mol. The molecule has 5 rings (SSSR count). The molecule has 0 bridgehead atoms. The van der Waals surface area contributed by atoms with Crippen molar-refractivity contribution in [1.82, 2.24) is 0 Å². The zero-order valence-corrected chi connectivity index (χ0v) is 16.9. The Bertz CT molecular complexity index is 1040. The third kappa shape index (κ3) is 3.04. The topological polar surface area (TPSA) is 34.1 Å². The van der Waals surface area contributed by atoms with Crippen LogP contribution in [0.15, 0.2) is 48.5 Å². The monoisotopic (exact) mass is 382 g/mol. The number of aryl methyl sites for hydroxylation is 1. The average molecular weight is 383 g/mol. The summed E-state index contributed by atoms with van der Waals surface area (Å²) in [5, 5.41) is 0. The molecule has 2 heteroatoms. The van der Waals surface area contributed by atoms with Gasteiger partial charge in [-0.3, -0.25) is 9.59 Å². The van der Waals surface area contributed by atoms with Crippen molar-refractivity contribution in [3.05, 3.63) is 70.8 Å². The van der Waals surface area contributed by atoms with Crippen LogP contribution in [0.4, 0.5) is 0 Å². The van der Waals surface area contributed by atoms with Crippen molar-refractivity contribution in [3.63, 3.8) is 0 Å². The second-order valence-electron chi connectivity index (χ2n) is 9.19. The van der Waals surface area contributed by atoms with Crippen LogP contribution in [0, 0.1) is 29.1 Å². The molecule has 0 saturated heterocycles. The van der Waals surface area contributed by atoms with Crippen LogP contribution in [-0.2, 0) is 11.2 Å². The number of carbonyl (C=O) groups excluding carboxylic acids is 2. The maximum absolute atomic E-state index is 12.6. The molecular weight excluding hydrogens is 356 g/mol. The van der Waals surface area contributed by atoms with E-state index in [0.717, 1.165) is 44.1 Å². The molecule has 29 heavy (non-hydrogen) atoms. The van der Waals surface area contributed by atoms with Gasteiger partial charge in [0, 0.05) is 23.0 Å². The molecule has 3 aliphatic rings. The van der Waals surface area contributed by atoms with Crippen LogP contribution in [0.3, 0.4) is 0 Å². The molecule has 2 aromatic rings. The maximum Gasteiger partial charge on any atom is 0.236 e. The van der Waals surface area contributed by atoms with Crippen molar-refractivity contribution >= 4 is 11.6 Å². The number of ketones is 2. The number of hydrogen-bond donors (Lipinski definition) is 0. The highest BCUT2D eigenvalue weighted by Crippen LogP contribution is 2.59. The van der Waals surface area contributed by atoms with Gasteiger partial charge in [0.05, 0.1) is 0 Å². The lowest BCUT2D eigenvalue weighted by Crippen LogP contribution is -2.42. The molecule has 3 aliphatic carbocycles. The first-order chi connectivity index (χ1) is 14.1. The first kappa shape index (κ1) is 18.4. The van der Waals surface area contributed by atoms with Crippen LogP contribution in [-0.4, -0.2) is 11.6 Å². The van der Waals surface area contributed by atoms with Crippen LogP contribution in [0.2, 0.25) is 0 Å². The fourth-order valence-electron chi connectivity index (χ4n) is 6.22. The minimum atomic E-state index is -0.114. The van der Waals surface area contributed by atoms with Gasteiger partial charge in [-0.05, 0) is 85.1 Å². The summed E-state index contributed by atoms with van der Waals surface area (Å²) in [7, 11) is 0. The third-order valence-electron chi connectivity index (χ3n) is 7.79. The lowest BCUT2D eigenvalue weighted by Gasteiger charge is -2.48. The van der Waals surface area contributed by atoms with Gasteiger partial charge >= 0.3 is 0 Å². The molecule has 0 radical (unpaired) electrons. The van der Waals surface area contributed by atoms with E-state index in [1.165, 1.54) is 11.1 Å². The van der Waals surface area contributed by atoms with Crippen LogP contribution in [0.1, 0.15) is 72.0 Å². The smallest absolute Gasteiger partial charge is 0.236 e. The number of Topliss-reactive ketones (excluding diaryl/α,β-unsaturated/α-hetero) is 2. The second-order valence-corrected chi connectivity index (χ2v) is 9.19. The van der Waals surface area contributed by atoms with E-state index in [1.54, 1.807) is 0 Å². The van der Waals surface area contributed by atoms with Gasteiger partial charge in [0.2, 0.25) is 5.78 Å². The standard InChI is InChI=1S/C27H26O2/c1-27-16-15-22-21-10-9-20(25(28)13-7-18-5-3-2-4-6-18)17-19(21)8-11-23(22)24(27)12-14-26(27)29/h2-6,9-10,17,22-24H,8,11-12,14-16H2,1H3/t22-,23-,24+,27+/m1/s1. The summed E-state index contributed by atoms with van der Waals surface area (Å²) in [6.45, 7) is 2.21. The summed E-state index contributed by atoms with van der Waals surface area (Å²) in [5.41, 5.74) is 4.20. The molecule has 0 amide bonds. The molecule has 2 nitrogen and oxygen atoms in total. The van der Waals surface area contributed by atoms with Gasteiger partial charge in [0.25, 0.3) is 0 Å². The molecular formula is C27H26O2. The van der Waals surface area contributed by atoms with E-state index < -0.39 is 0 Å². The van der Waals surface area contributed by atoms with Crippen LogP contribution in [0.5, 0.6) is 0 Å². The van der Waals surface area contributed by atoms with Gasteiger partial charge in [0.1, 0.15) is 5.78 Å². The summed E-state index contributed by atoms with van der Waals surface area (Å²) in [4.78, 5) is 25.1. The normalized spacial score (nSPS) is 29.8. The number of fused-ring (bicyclic) bond motifs is 5. The van der Waals surface area contributed by atoms with Crippen molar-refractivity contribution in [2.75, 3.05) is 0 Å². The molecule has 2 aromatic carbocycles. The number of rotatable bonds is 1. The SMILES string of the molecule is C[C@]12CC[C@@H]3c4ccc(C(=O)C#Cc5ccccc5)cc4CC[C@H]3[C@@H]1CCC2=O. The Morgan fingerprint density at radius 3 is 2.69 bits per heavy atom. The number of carbonyl (C=O) groups is 2. The van der Waals surface area contributed by atoms with Gasteiger partial charge in [-0.2, -0.15) is 0 Å². The summed E-state index contributed by atoms with van der Waals surface area (Å²) in [6.07, 6.45) is 6.09. The van der Waals surface area contributed by atoms with Crippen molar-refractivity contribution in [3.8, 4) is 11.8 Å². The van der Waals surface area contributed by atoms with Gasteiger partial charge in [-0.15, -0.1) is 0 Å². The van der Waals surface area contributed by atoms with E-state index in [-0.39, 0.29) is 11.2 Å². The van der Waals surface area contributed by atoms with Crippen molar-refractivity contribution in [1.29, 1.82) is 0 Å². The molecule has 4 atom stereocenters. The first-order valence-corrected chi connectivity index (χ1v) is 10.8. The predicted octanol–water partition coefficient (Wildman–Crippen LogP) is 5.35. The van der Waals surface area contributed by atoms with E-state index in [1.807, 2.05) is 36.4 Å².